The number of carbonyl (C=O) groups is 4. The second-order valence-electron chi connectivity index (χ2n) is 15.7. The summed E-state index contributed by atoms with van der Waals surface area (Å²) in [7, 11) is 5.19. The van der Waals surface area contributed by atoms with E-state index < -0.39 is 18.1 Å². The quantitative estimate of drug-likeness (QED) is 0.100. The average Bonchev–Trinajstić information content (AvgIpc) is 3.66. The number of carbonyl (C=O) groups excluding carboxylic acids is 4. The smallest absolute Gasteiger partial charge is 0.308 e. The van der Waals surface area contributed by atoms with Gasteiger partial charge in [-0.15, -0.1) is 11.3 Å². The molecule has 2 aromatic rings. The van der Waals surface area contributed by atoms with Crippen LogP contribution in [0, 0.1) is 23.7 Å². The first-order chi connectivity index (χ1) is 26.1. The van der Waals surface area contributed by atoms with Crippen LogP contribution in [0.25, 0.3) is 0 Å². The summed E-state index contributed by atoms with van der Waals surface area (Å²) in [6, 6.07) is 8.30. The maximum absolute atomic E-state index is 14.7. The van der Waals surface area contributed by atoms with Crippen LogP contribution in [0.15, 0.2) is 35.7 Å². The number of aromatic nitrogens is 1. The van der Waals surface area contributed by atoms with Crippen LogP contribution in [0.2, 0.25) is 0 Å². The van der Waals surface area contributed by atoms with E-state index >= 15 is 0 Å². The molecule has 11 nitrogen and oxygen atoms in total. The highest BCUT2D eigenvalue weighted by Crippen LogP contribution is 2.32. The molecule has 0 fully saturated rings. The zero-order valence-electron chi connectivity index (χ0n) is 35.7. The fourth-order valence-electron chi connectivity index (χ4n) is 7.10. The zero-order valence-corrected chi connectivity index (χ0v) is 36.5. The van der Waals surface area contributed by atoms with Crippen LogP contribution in [-0.2, 0) is 30.3 Å². The molecule has 310 valence electrons. The van der Waals surface area contributed by atoms with Gasteiger partial charge in [-0.3, -0.25) is 24.1 Å². The average molecular weight is 786 g/mol. The van der Waals surface area contributed by atoms with E-state index in [2.05, 4.69) is 45.3 Å². The molecule has 12 heteroatoms. The van der Waals surface area contributed by atoms with E-state index in [0.29, 0.717) is 37.4 Å². The number of benzene rings is 1. The lowest BCUT2D eigenvalue weighted by Gasteiger charge is -2.40. The van der Waals surface area contributed by atoms with E-state index in [4.69, 9.17) is 14.5 Å². The van der Waals surface area contributed by atoms with Crippen molar-refractivity contribution in [1.29, 1.82) is 0 Å². The molecule has 3 amide bonds. The van der Waals surface area contributed by atoms with E-state index in [1.54, 1.807) is 12.3 Å². The fourth-order valence-corrected chi connectivity index (χ4v) is 7.96. The third-order valence-electron chi connectivity index (χ3n) is 10.6. The summed E-state index contributed by atoms with van der Waals surface area (Å²) in [5, 5.41) is 8.76. The van der Waals surface area contributed by atoms with Crippen LogP contribution < -0.4 is 10.6 Å². The van der Waals surface area contributed by atoms with Gasteiger partial charge in [-0.2, -0.15) is 0 Å². The Morgan fingerprint density at radius 1 is 0.873 bits per heavy atom. The van der Waals surface area contributed by atoms with Crippen LogP contribution in [-0.4, -0.2) is 97.0 Å². The molecule has 0 aliphatic heterocycles. The number of nitrogens with one attached hydrogen (secondary N) is 2. The second kappa shape index (κ2) is 24.3. The van der Waals surface area contributed by atoms with Gasteiger partial charge in [0.2, 0.25) is 11.8 Å². The Labute approximate surface area is 335 Å². The monoisotopic (exact) mass is 786 g/mol. The summed E-state index contributed by atoms with van der Waals surface area (Å²) in [6.45, 7) is 19.4. The van der Waals surface area contributed by atoms with Crippen LogP contribution in [0.5, 0.6) is 0 Å². The van der Waals surface area contributed by atoms with Crippen LogP contribution >= 0.6 is 11.3 Å². The second-order valence-corrected chi connectivity index (χ2v) is 16.6. The minimum Gasteiger partial charge on any atom is -0.469 e. The van der Waals surface area contributed by atoms with Crippen molar-refractivity contribution in [2.24, 2.45) is 23.7 Å². The number of ether oxygens (including phenoxy) is 2. The minimum absolute atomic E-state index is 0.0724. The molecule has 1 aromatic carbocycles. The number of likely N-dealkylation sites (N-methyl/N-ethyl adjacent to an activating group) is 1. The van der Waals surface area contributed by atoms with E-state index in [1.165, 1.54) is 18.4 Å². The van der Waals surface area contributed by atoms with Crippen molar-refractivity contribution >= 4 is 35.0 Å². The molecule has 8 atom stereocenters. The Morgan fingerprint density at radius 3 is 2.07 bits per heavy atom. The molecule has 2 N–H and O–H groups in total. The van der Waals surface area contributed by atoms with E-state index in [-0.39, 0.29) is 65.3 Å². The van der Waals surface area contributed by atoms with Crippen LogP contribution in [0.1, 0.15) is 128 Å². The van der Waals surface area contributed by atoms with Crippen molar-refractivity contribution in [2.75, 3.05) is 34.4 Å². The number of hydrogen-bond donors (Lipinski definition) is 2. The molecule has 0 spiro atoms. The first kappa shape index (κ1) is 47.8. The first-order valence-corrected chi connectivity index (χ1v) is 21.3. The van der Waals surface area contributed by atoms with E-state index in [0.717, 1.165) is 31.2 Å². The maximum atomic E-state index is 14.7. The third kappa shape index (κ3) is 14.6. The van der Waals surface area contributed by atoms with Gasteiger partial charge in [0, 0.05) is 37.0 Å². The molecule has 0 saturated heterocycles. The SMILES string of the molecule is CCCO[C@H](C[C@H](C(C)C)N(CCC)C(=O)[C@@H](NC(=O)[C@H]([C@@H](C)CC)N(C)C)[C@@H](C)CC)c1nc(C(=O)N[C@@H](Cc2ccccc2)C[C@H](C)C(=O)OC)cs1. The Balaban J connectivity index is 2.42. The van der Waals surface area contributed by atoms with E-state index in [9.17, 15) is 19.2 Å². The van der Waals surface area contributed by atoms with Crippen molar-refractivity contribution in [3.8, 4) is 0 Å². The number of methoxy groups -OCH3 is 1. The minimum atomic E-state index is -0.673. The molecule has 0 saturated carbocycles. The summed E-state index contributed by atoms with van der Waals surface area (Å²) in [4.78, 5) is 63.2. The molecule has 0 radical (unpaired) electrons. The van der Waals surface area contributed by atoms with Gasteiger partial charge in [-0.1, -0.05) is 105 Å². The molecular weight excluding hydrogens is 715 g/mol. The van der Waals surface area contributed by atoms with Crippen molar-refractivity contribution in [1.82, 2.24) is 25.4 Å². The lowest BCUT2D eigenvalue weighted by Crippen LogP contribution is -2.59. The largest absolute Gasteiger partial charge is 0.469 e. The molecule has 0 aliphatic carbocycles. The lowest BCUT2D eigenvalue weighted by molar-refractivity contribution is -0.145. The molecule has 0 bridgehead atoms. The highest BCUT2D eigenvalue weighted by molar-refractivity contribution is 7.09. The normalized spacial score (nSPS) is 16.0. The van der Waals surface area contributed by atoms with Gasteiger partial charge < -0.3 is 25.0 Å². The fraction of sp³-hybridized carbons (Fsp3) is 0.698. The number of rotatable bonds is 25. The Hall–Kier alpha value is -3.35. The van der Waals surface area contributed by atoms with Crippen molar-refractivity contribution < 1.29 is 28.7 Å². The number of thiazole rings is 1. The van der Waals surface area contributed by atoms with Gasteiger partial charge in [-0.25, -0.2) is 4.98 Å². The Morgan fingerprint density at radius 2 is 1.53 bits per heavy atom. The Kier molecular flexibility index (Phi) is 21.1. The zero-order chi connectivity index (χ0) is 41.2. The molecule has 1 heterocycles. The third-order valence-corrected chi connectivity index (χ3v) is 11.5. The Bertz CT molecular complexity index is 1450. The lowest BCUT2D eigenvalue weighted by atomic mass is 9.91. The molecule has 0 unspecified atom stereocenters. The van der Waals surface area contributed by atoms with Gasteiger partial charge in [-0.05, 0) is 63.1 Å². The molecule has 0 aliphatic rings. The summed E-state index contributed by atoms with van der Waals surface area (Å²) >= 11 is 1.37. The van der Waals surface area contributed by atoms with E-state index in [1.807, 2.05) is 75.0 Å². The standard InChI is InChI=1S/C43H71N5O6S/c1-13-22-48(42(51)37(29(7)15-3)46-40(50)38(47(10)11)30(8)16-4)35(28(5)6)26-36(54-23-14-2)41-45-34(27-55-41)39(49)44-33(24-31(9)43(52)53-12)25-32-20-18-17-19-21-32/h17-21,27-31,33,35-38H,13-16,22-26H2,1-12H3,(H,44,49)(H,46,50)/t29-,30-,31-,33+,35+,36+,37-,38-/m0/s1. The maximum Gasteiger partial charge on any atom is 0.308 e. The van der Waals surface area contributed by atoms with Gasteiger partial charge in [0.05, 0.1) is 19.1 Å². The number of hydrogen-bond acceptors (Lipinski definition) is 9. The number of nitrogens with zero attached hydrogens (tertiary/aromatic N) is 3. The molecule has 1 aromatic heterocycles. The summed E-state index contributed by atoms with van der Waals surface area (Å²) in [5.74, 6) is -1.13. The van der Waals surface area contributed by atoms with Gasteiger partial charge in [0.1, 0.15) is 22.8 Å². The van der Waals surface area contributed by atoms with Gasteiger partial charge >= 0.3 is 5.97 Å². The highest BCUT2D eigenvalue weighted by atomic mass is 32.1. The molecule has 2 rings (SSSR count). The van der Waals surface area contributed by atoms with Crippen molar-refractivity contribution in [3.05, 3.63) is 52.0 Å². The van der Waals surface area contributed by atoms with Crippen molar-refractivity contribution in [2.45, 2.75) is 138 Å². The topological polar surface area (TPSA) is 130 Å². The highest BCUT2D eigenvalue weighted by Gasteiger charge is 2.38. The van der Waals surface area contributed by atoms with Crippen LogP contribution in [0.3, 0.4) is 0 Å². The predicted octanol–water partition coefficient (Wildman–Crippen LogP) is 7.31. The number of esters is 1. The summed E-state index contributed by atoms with van der Waals surface area (Å²) in [6.07, 6.45) is 4.13. The first-order valence-electron chi connectivity index (χ1n) is 20.4. The number of amides is 3. The van der Waals surface area contributed by atoms with Gasteiger partial charge in [0.15, 0.2) is 0 Å². The molecular formula is C43H71N5O6S. The van der Waals surface area contributed by atoms with Gasteiger partial charge in [0.25, 0.3) is 5.91 Å². The summed E-state index contributed by atoms with van der Waals surface area (Å²) in [5.41, 5.74) is 1.33. The summed E-state index contributed by atoms with van der Waals surface area (Å²) < 4.78 is 11.4. The predicted molar refractivity (Wildman–Crippen MR) is 222 cm³/mol. The van der Waals surface area contributed by atoms with Crippen molar-refractivity contribution in [3.63, 3.8) is 0 Å². The van der Waals surface area contributed by atoms with Crippen LogP contribution in [0.4, 0.5) is 0 Å². The molecule has 55 heavy (non-hydrogen) atoms.